The zero-order valence-corrected chi connectivity index (χ0v) is 22.1. The number of nitrogens with one attached hydrogen (secondary N) is 1. The third-order valence-corrected chi connectivity index (χ3v) is 7.75. The Bertz CT molecular complexity index is 1380. The van der Waals surface area contributed by atoms with Crippen molar-refractivity contribution in [2.24, 2.45) is 5.73 Å². The van der Waals surface area contributed by atoms with Crippen molar-refractivity contribution < 1.29 is 4.79 Å². The number of piperazine rings is 1. The highest BCUT2D eigenvalue weighted by atomic mass is 35.5. The first-order valence-electron chi connectivity index (χ1n) is 12.7. The lowest BCUT2D eigenvalue weighted by molar-refractivity contribution is -0.136. The molecule has 4 aromatic carbocycles. The predicted octanol–water partition coefficient (Wildman–Crippen LogP) is 5.67. The van der Waals surface area contributed by atoms with Gasteiger partial charge in [-0.2, -0.15) is 0 Å². The molecule has 4 aromatic rings. The van der Waals surface area contributed by atoms with Gasteiger partial charge < -0.3 is 16.0 Å². The fraction of sp³-hybridized carbons (Fsp3) is 0.258. The van der Waals surface area contributed by atoms with E-state index in [2.05, 4.69) is 72.0 Å². The van der Waals surface area contributed by atoms with Gasteiger partial charge in [0.05, 0.1) is 6.04 Å². The lowest BCUT2D eigenvalue weighted by atomic mass is 9.95. The maximum atomic E-state index is 13.8. The molecule has 0 aromatic heterocycles. The van der Waals surface area contributed by atoms with E-state index in [1.807, 2.05) is 17.0 Å². The Balaban J connectivity index is 1.36. The van der Waals surface area contributed by atoms with Crippen molar-refractivity contribution in [1.29, 1.82) is 0 Å². The van der Waals surface area contributed by atoms with E-state index >= 15 is 0 Å². The molecule has 0 spiro atoms. The van der Waals surface area contributed by atoms with E-state index in [0.717, 1.165) is 18.4 Å². The quantitative estimate of drug-likeness (QED) is 0.323. The van der Waals surface area contributed by atoms with Crippen LogP contribution >= 0.6 is 23.2 Å². The van der Waals surface area contributed by atoms with Crippen LogP contribution in [0.2, 0.25) is 10.0 Å². The molecule has 0 bridgehead atoms. The number of nitrogens with two attached hydrogens (primary N) is 1. The molecular weight excluding hydrogens is 501 g/mol. The molecule has 0 unspecified atom stereocenters. The minimum atomic E-state index is -0.687. The zero-order chi connectivity index (χ0) is 25.8. The monoisotopic (exact) mass is 531 g/mol. The molecule has 1 aliphatic rings. The number of carbonyl (C=O) groups is 1. The second-order valence-corrected chi connectivity index (χ2v) is 10.7. The Kier molecular flexibility index (Phi) is 8.11. The summed E-state index contributed by atoms with van der Waals surface area (Å²) in [5.74, 6) is -0.0450. The van der Waals surface area contributed by atoms with Gasteiger partial charge in [-0.1, -0.05) is 102 Å². The molecule has 6 heteroatoms. The average molecular weight is 533 g/mol. The number of amides is 1. The summed E-state index contributed by atoms with van der Waals surface area (Å²) in [7, 11) is 0. The van der Waals surface area contributed by atoms with Gasteiger partial charge in [0.1, 0.15) is 0 Å². The molecule has 1 saturated heterocycles. The Labute approximate surface area is 228 Å². The van der Waals surface area contributed by atoms with Gasteiger partial charge in [-0.15, -0.1) is 0 Å². The van der Waals surface area contributed by atoms with Crippen LogP contribution in [0.25, 0.3) is 10.8 Å². The molecule has 37 heavy (non-hydrogen) atoms. The maximum absolute atomic E-state index is 13.8. The van der Waals surface area contributed by atoms with E-state index in [1.54, 1.807) is 12.1 Å². The van der Waals surface area contributed by atoms with Crippen LogP contribution in [0.1, 0.15) is 16.7 Å². The van der Waals surface area contributed by atoms with Crippen molar-refractivity contribution in [2.45, 2.75) is 37.4 Å². The Hall–Kier alpha value is -2.89. The van der Waals surface area contributed by atoms with Gasteiger partial charge in [0.25, 0.3) is 0 Å². The molecule has 0 saturated carbocycles. The molecule has 4 nitrogen and oxygen atoms in total. The average Bonchev–Trinajstić information content (AvgIpc) is 2.91. The summed E-state index contributed by atoms with van der Waals surface area (Å²) in [5, 5.41) is 7.21. The Morgan fingerprint density at radius 1 is 0.892 bits per heavy atom. The number of benzene rings is 4. The molecular formula is C31H31Cl2N3O. The normalized spacial score (nSPS) is 18.6. The molecule has 0 aliphatic carbocycles. The third-order valence-electron chi connectivity index (χ3n) is 7.17. The van der Waals surface area contributed by atoms with Gasteiger partial charge in [-0.3, -0.25) is 4.79 Å². The molecule has 3 atom stereocenters. The first kappa shape index (κ1) is 25.7. The summed E-state index contributed by atoms with van der Waals surface area (Å²) in [6.45, 7) is 1.32. The summed E-state index contributed by atoms with van der Waals surface area (Å²) in [6.07, 6.45) is 1.98. The van der Waals surface area contributed by atoms with Crippen molar-refractivity contribution in [2.75, 3.05) is 13.1 Å². The van der Waals surface area contributed by atoms with Crippen LogP contribution in [0.15, 0.2) is 91.0 Å². The molecule has 1 fully saturated rings. The smallest absolute Gasteiger partial charge is 0.240 e. The van der Waals surface area contributed by atoms with Gasteiger partial charge in [0.15, 0.2) is 0 Å². The van der Waals surface area contributed by atoms with Crippen LogP contribution in [0, 0.1) is 0 Å². The number of fused-ring (bicyclic) bond motifs is 1. The SMILES string of the molecule is N[C@H](Cc1ccc(Cl)cc1Cl)C(=O)N1C[C@H](Cc2ccccc2)NC[C@H]1Cc1ccc2ccccc2c1. The molecule has 3 N–H and O–H groups in total. The summed E-state index contributed by atoms with van der Waals surface area (Å²) in [4.78, 5) is 15.8. The van der Waals surface area contributed by atoms with Crippen LogP contribution in [0.3, 0.4) is 0 Å². The fourth-order valence-electron chi connectivity index (χ4n) is 5.21. The molecule has 1 heterocycles. The van der Waals surface area contributed by atoms with Crippen LogP contribution in [-0.4, -0.2) is 42.0 Å². The van der Waals surface area contributed by atoms with E-state index in [9.17, 15) is 4.79 Å². The Morgan fingerprint density at radius 3 is 2.43 bits per heavy atom. The number of nitrogens with zero attached hydrogens (tertiary/aromatic N) is 1. The highest BCUT2D eigenvalue weighted by molar-refractivity contribution is 6.35. The van der Waals surface area contributed by atoms with E-state index < -0.39 is 6.04 Å². The minimum absolute atomic E-state index is 0.00688. The predicted molar refractivity (Wildman–Crippen MR) is 153 cm³/mol. The van der Waals surface area contributed by atoms with E-state index in [1.165, 1.54) is 21.9 Å². The van der Waals surface area contributed by atoms with Crippen molar-refractivity contribution in [3.63, 3.8) is 0 Å². The molecule has 5 rings (SSSR count). The summed E-state index contributed by atoms with van der Waals surface area (Å²) in [5.41, 5.74) is 9.79. The second kappa shape index (κ2) is 11.7. The van der Waals surface area contributed by atoms with Gasteiger partial charge in [-0.25, -0.2) is 0 Å². The van der Waals surface area contributed by atoms with Gasteiger partial charge in [0.2, 0.25) is 5.91 Å². The van der Waals surface area contributed by atoms with E-state index in [0.29, 0.717) is 29.6 Å². The standard InChI is InChI=1S/C31H31Cl2N3O/c32-26-13-12-25(29(33)18-26)17-30(34)31(37)36-20-27(15-21-6-2-1-3-7-21)35-19-28(36)16-22-10-11-23-8-4-5-9-24(23)14-22/h1-14,18,27-28,30,35H,15-17,19-20,34H2/t27-,28+,30+/m0/s1. The van der Waals surface area contributed by atoms with Crippen LogP contribution in [0.5, 0.6) is 0 Å². The number of rotatable bonds is 7. The topological polar surface area (TPSA) is 58.4 Å². The number of hydrogen-bond donors (Lipinski definition) is 2. The second-order valence-electron chi connectivity index (χ2n) is 9.87. The van der Waals surface area contributed by atoms with E-state index in [-0.39, 0.29) is 18.0 Å². The first-order valence-corrected chi connectivity index (χ1v) is 13.5. The first-order chi connectivity index (χ1) is 18.0. The number of halogens is 2. The van der Waals surface area contributed by atoms with E-state index in [4.69, 9.17) is 28.9 Å². The fourth-order valence-corrected chi connectivity index (χ4v) is 5.70. The third kappa shape index (κ3) is 6.34. The van der Waals surface area contributed by atoms with Crippen molar-refractivity contribution in [3.05, 3.63) is 118 Å². The Morgan fingerprint density at radius 2 is 1.65 bits per heavy atom. The number of hydrogen-bond acceptors (Lipinski definition) is 3. The van der Waals surface area contributed by atoms with Crippen molar-refractivity contribution in [3.8, 4) is 0 Å². The maximum Gasteiger partial charge on any atom is 0.240 e. The van der Waals surface area contributed by atoms with Crippen LogP contribution < -0.4 is 11.1 Å². The highest BCUT2D eigenvalue weighted by Crippen LogP contribution is 2.24. The molecule has 190 valence electrons. The highest BCUT2D eigenvalue weighted by Gasteiger charge is 2.34. The minimum Gasteiger partial charge on any atom is -0.335 e. The lowest BCUT2D eigenvalue weighted by Gasteiger charge is -2.42. The van der Waals surface area contributed by atoms with Crippen molar-refractivity contribution >= 4 is 39.9 Å². The summed E-state index contributed by atoms with van der Waals surface area (Å²) in [6, 6.07) is 30.1. The number of carbonyl (C=O) groups excluding carboxylic acids is 1. The van der Waals surface area contributed by atoms with Gasteiger partial charge >= 0.3 is 0 Å². The van der Waals surface area contributed by atoms with Gasteiger partial charge in [-0.05, 0) is 58.9 Å². The van der Waals surface area contributed by atoms with Crippen LogP contribution in [0.4, 0.5) is 0 Å². The summed E-state index contributed by atoms with van der Waals surface area (Å²) >= 11 is 12.4. The molecule has 0 radical (unpaired) electrons. The molecule has 1 amide bonds. The van der Waals surface area contributed by atoms with Crippen LogP contribution in [-0.2, 0) is 24.1 Å². The van der Waals surface area contributed by atoms with Gasteiger partial charge in [0, 0.05) is 35.2 Å². The zero-order valence-electron chi connectivity index (χ0n) is 20.6. The molecule has 1 aliphatic heterocycles. The lowest BCUT2D eigenvalue weighted by Crippen LogP contribution is -2.62. The van der Waals surface area contributed by atoms with Crippen molar-refractivity contribution in [1.82, 2.24) is 10.2 Å². The largest absolute Gasteiger partial charge is 0.335 e. The summed E-state index contributed by atoms with van der Waals surface area (Å²) < 4.78 is 0.